The Morgan fingerprint density at radius 1 is 1.22 bits per heavy atom. The summed E-state index contributed by atoms with van der Waals surface area (Å²) in [5.41, 5.74) is 2.67. The number of carbonyl (C=O) groups is 2. The van der Waals surface area contributed by atoms with Gasteiger partial charge >= 0.3 is 0 Å². The van der Waals surface area contributed by atoms with Crippen molar-refractivity contribution in [2.75, 3.05) is 13.1 Å². The van der Waals surface area contributed by atoms with Gasteiger partial charge in [-0.1, -0.05) is 31.5 Å². The average Bonchev–Trinajstić information content (AvgIpc) is 2.72. The topological polar surface area (TPSA) is 92.6 Å². The molecular formula is C24H28ClN3O4. The number of amides is 1. The van der Waals surface area contributed by atoms with Gasteiger partial charge in [0.2, 0.25) is 0 Å². The minimum absolute atomic E-state index is 0.0252. The maximum atomic E-state index is 13.7. The second-order valence-electron chi connectivity index (χ2n) is 9.75. The van der Waals surface area contributed by atoms with E-state index in [1.807, 2.05) is 25.7 Å². The lowest BCUT2D eigenvalue weighted by molar-refractivity contribution is -0.384. The number of benzene rings is 1. The minimum atomic E-state index is -0.653. The van der Waals surface area contributed by atoms with Crippen molar-refractivity contribution in [3.8, 4) is 0 Å². The van der Waals surface area contributed by atoms with Crippen LogP contribution in [0.2, 0.25) is 5.02 Å². The van der Waals surface area contributed by atoms with E-state index in [9.17, 15) is 19.7 Å². The third-order valence-electron chi connectivity index (χ3n) is 6.61. The number of hydrogen-bond acceptors (Lipinski definition) is 5. The molecule has 1 unspecified atom stereocenters. The second-order valence-corrected chi connectivity index (χ2v) is 10.2. The Morgan fingerprint density at radius 3 is 2.56 bits per heavy atom. The number of nitrogens with zero attached hydrogens (tertiary/aromatic N) is 2. The average molecular weight is 458 g/mol. The van der Waals surface area contributed by atoms with Gasteiger partial charge in [-0.3, -0.25) is 19.7 Å². The van der Waals surface area contributed by atoms with Crippen molar-refractivity contribution in [2.24, 2.45) is 5.41 Å². The van der Waals surface area contributed by atoms with Gasteiger partial charge in [-0.25, -0.2) is 0 Å². The van der Waals surface area contributed by atoms with Gasteiger partial charge in [-0.05, 0) is 49.7 Å². The first-order valence-corrected chi connectivity index (χ1v) is 11.4. The predicted octanol–water partition coefficient (Wildman–Crippen LogP) is 4.86. The van der Waals surface area contributed by atoms with Crippen LogP contribution >= 0.6 is 11.6 Å². The fourth-order valence-electron chi connectivity index (χ4n) is 5.17. The first-order chi connectivity index (χ1) is 15.1. The zero-order chi connectivity index (χ0) is 23.2. The molecule has 2 heterocycles. The first kappa shape index (κ1) is 22.5. The number of rotatable bonds is 3. The van der Waals surface area contributed by atoms with E-state index in [1.54, 1.807) is 6.07 Å². The minimum Gasteiger partial charge on any atom is -0.362 e. The highest BCUT2D eigenvalue weighted by Crippen LogP contribution is 2.47. The number of dihydropyridines is 1. The van der Waals surface area contributed by atoms with E-state index in [4.69, 9.17) is 11.6 Å². The van der Waals surface area contributed by atoms with Gasteiger partial charge in [0.1, 0.15) is 5.02 Å². The predicted molar refractivity (Wildman–Crippen MR) is 122 cm³/mol. The Morgan fingerprint density at radius 2 is 1.91 bits per heavy atom. The summed E-state index contributed by atoms with van der Waals surface area (Å²) in [6.07, 6.45) is 4.02. The number of allylic oxidation sites excluding steroid dienone is 3. The Balaban J connectivity index is 1.88. The SMILES string of the molecule is CC1=C(C(=O)N2CCCCC2)C(c2ccc(Cl)c([N+](=O)[O-])c2)C2=C(CC(C)(C)CC2=O)N1. The van der Waals surface area contributed by atoms with Crippen molar-refractivity contribution in [1.29, 1.82) is 0 Å². The number of nitrogens with one attached hydrogen (secondary N) is 1. The standard InChI is InChI=1S/C24H28ClN3O4/c1-14-20(23(30)27-9-5-4-6-10-27)21(15-7-8-16(25)18(11-15)28(31)32)22-17(26-14)12-24(2,3)13-19(22)29/h7-8,11,21,26H,4-6,9-10,12-13H2,1-3H3. The van der Waals surface area contributed by atoms with Crippen molar-refractivity contribution >= 4 is 29.0 Å². The molecular weight excluding hydrogens is 430 g/mol. The summed E-state index contributed by atoms with van der Waals surface area (Å²) in [4.78, 5) is 39.9. The summed E-state index contributed by atoms with van der Waals surface area (Å²) >= 11 is 6.06. The lowest BCUT2D eigenvalue weighted by atomic mass is 9.68. The van der Waals surface area contributed by atoms with E-state index in [0.717, 1.165) is 25.0 Å². The summed E-state index contributed by atoms with van der Waals surface area (Å²) in [6.45, 7) is 7.30. The van der Waals surface area contributed by atoms with Gasteiger partial charge in [-0.15, -0.1) is 0 Å². The molecule has 1 aliphatic carbocycles. The van der Waals surface area contributed by atoms with Crippen LogP contribution in [-0.4, -0.2) is 34.6 Å². The van der Waals surface area contributed by atoms with Crippen LogP contribution < -0.4 is 5.32 Å². The van der Waals surface area contributed by atoms with E-state index in [-0.39, 0.29) is 27.8 Å². The van der Waals surface area contributed by atoms with E-state index in [2.05, 4.69) is 5.32 Å². The van der Waals surface area contributed by atoms with Crippen LogP contribution in [0.15, 0.2) is 40.7 Å². The zero-order valence-electron chi connectivity index (χ0n) is 18.7. The Bertz CT molecular complexity index is 1070. The molecule has 1 N–H and O–H groups in total. The fourth-order valence-corrected chi connectivity index (χ4v) is 5.36. The van der Waals surface area contributed by atoms with Crippen molar-refractivity contribution in [1.82, 2.24) is 10.2 Å². The van der Waals surface area contributed by atoms with Crippen molar-refractivity contribution in [2.45, 2.75) is 58.8 Å². The molecule has 0 bridgehead atoms. The van der Waals surface area contributed by atoms with E-state index < -0.39 is 10.8 Å². The molecule has 0 aromatic heterocycles. The summed E-state index contributed by atoms with van der Waals surface area (Å²) in [7, 11) is 0. The molecule has 1 aromatic carbocycles. The van der Waals surface area contributed by atoms with Gasteiger partial charge < -0.3 is 10.2 Å². The first-order valence-electron chi connectivity index (χ1n) is 11.1. The molecule has 4 rings (SSSR count). The highest BCUT2D eigenvalue weighted by molar-refractivity contribution is 6.32. The Labute approximate surface area is 192 Å². The van der Waals surface area contributed by atoms with E-state index in [1.165, 1.54) is 12.1 Å². The highest BCUT2D eigenvalue weighted by Gasteiger charge is 2.44. The van der Waals surface area contributed by atoms with Crippen molar-refractivity contribution in [3.05, 3.63) is 61.4 Å². The van der Waals surface area contributed by atoms with E-state index in [0.29, 0.717) is 48.3 Å². The molecule has 0 radical (unpaired) electrons. The molecule has 1 fully saturated rings. The Kier molecular flexibility index (Phi) is 5.88. The van der Waals surface area contributed by atoms with Gasteiger partial charge in [0.15, 0.2) is 5.78 Å². The molecule has 1 atom stereocenters. The summed E-state index contributed by atoms with van der Waals surface area (Å²) in [5, 5.41) is 14.9. The van der Waals surface area contributed by atoms with Gasteiger partial charge in [0.25, 0.3) is 11.6 Å². The number of nitro groups is 1. The molecule has 0 spiro atoms. The fraction of sp³-hybridized carbons (Fsp3) is 0.500. The Hall–Kier alpha value is -2.67. The highest BCUT2D eigenvalue weighted by atomic mass is 35.5. The largest absolute Gasteiger partial charge is 0.362 e. The number of halogens is 1. The van der Waals surface area contributed by atoms with E-state index >= 15 is 0 Å². The lowest BCUT2D eigenvalue weighted by Crippen LogP contribution is -2.43. The number of hydrogen-bond donors (Lipinski definition) is 1. The molecule has 1 aromatic rings. The number of Topliss-reactive ketones (excluding diaryl/α,β-unsaturated/α-hetero) is 1. The van der Waals surface area contributed by atoms with Crippen LogP contribution in [0.1, 0.15) is 64.4 Å². The van der Waals surface area contributed by atoms with Gasteiger partial charge in [0.05, 0.1) is 4.92 Å². The number of ketones is 1. The molecule has 1 saturated heterocycles. The van der Waals surface area contributed by atoms with Gasteiger partial charge in [-0.2, -0.15) is 0 Å². The van der Waals surface area contributed by atoms with Crippen LogP contribution in [0.4, 0.5) is 5.69 Å². The third kappa shape index (κ3) is 4.06. The summed E-state index contributed by atoms with van der Waals surface area (Å²) < 4.78 is 0. The molecule has 32 heavy (non-hydrogen) atoms. The molecule has 0 saturated carbocycles. The van der Waals surface area contributed by atoms with Crippen LogP contribution in [0.5, 0.6) is 0 Å². The second kappa shape index (κ2) is 8.35. The van der Waals surface area contributed by atoms with Crippen LogP contribution in [-0.2, 0) is 9.59 Å². The quantitative estimate of drug-likeness (QED) is 0.516. The maximum Gasteiger partial charge on any atom is 0.288 e. The summed E-state index contributed by atoms with van der Waals surface area (Å²) in [6, 6.07) is 4.58. The van der Waals surface area contributed by atoms with Crippen LogP contribution in [0, 0.1) is 15.5 Å². The van der Waals surface area contributed by atoms with Crippen molar-refractivity contribution < 1.29 is 14.5 Å². The normalized spacial score (nSPS) is 23.1. The number of piperidine rings is 1. The smallest absolute Gasteiger partial charge is 0.288 e. The maximum absolute atomic E-state index is 13.7. The van der Waals surface area contributed by atoms with Crippen molar-refractivity contribution in [3.63, 3.8) is 0 Å². The van der Waals surface area contributed by atoms with Crippen LogP contribution in [0.25, 0.3) is 0 Å². The monoisotopic (exact) mass is 457 g/mol. The molecule has 1 amide bonds. The van der Waals surface area contributed by atoms with Crippen LogP contribution in [0.3, 0.4) is 0 Å². The molecule has 7 nitrogen and oxygen atoms in total. The lowest BCUT2D eigenvalue weighted by Gasteiger charge is -2.41. The zero-order valence-corrected chi connectivity index (χ0v) is 19.4. The number of likely N-dealkylation sites (tertiary alicyclic amines) is 1. The molecule has 2 aliphatic heterocycles. The summed E-state index contributed by atoms with van der Waals surface area (Å²) in [5.74, 6) is -0.787. The number of nitro benzene ring substituents is 1. The number of carbonyl (C=O) groups excluding carboxylic acids is 2. The molecule has 3 aliphatic rings. The molecule has 170 valence electrons. The molecule has 8 heteroatoms. The third-order valence-corrected chi connectivity index (χ3v) is 6.93. The van der Waals surface area contributed by atoms with Gasteiger partial charge in [0, 0.05) is 54.0 Å².